The number of carbonyl (C=O) groups excluding carboxylic acids is 2. The SMILES string of the molecule is Cc1nsnc1C(=O)N[C@H]1CC[C@H](C(=O)NC(C)(C)C)C[C@@H]1O. The fourth-order valence-electron chi connectivity index (χ4n) is 2.70. The Labute approximate surface area is 140 Å². The number of carbonyl (C=O) groups is 2. The maximum Gasteiger partial charge on any atom is 0.273 e. The second kappa shape index (κ2) is 6.92. The lowest BCUT2D eigenvalue weighted by Gasteiger charge is -2.34. The van der Waals surface area contributed by atoms with Gasteiger partial charge in [0.05, 0.1) is 29.6 Å². The molecule has 1 aliphatic carbocycles. The minimum Gasteiger partial charge on any atom is -0.391 e. The van der Waals surface area contributed by atoms with Crippen LogP contribution in [0.3, 0.4) is 0 Å². The lowest BCUT2D eigenvalue weighted by atomic mass is 9.83. The normalized spacial score (nSPS) is 25.0. The molecule has 2 rings (SSSR count). The molecule has 0 bridgehead atoms. The van der Waals surface area contributed by atoms with Crippen LogP contribution < -0.4 is 10.6 Å². The van der Waals surface area contributed by atoms with Crippen molar-refractivity contribution in [3.63, 3.8) is 0 Å². The van der Waals surface area contributed by atoms with Crippen LogP contribution in [-0.4, -0.2) is 43.4 Å². The Kier molecular flexibility index (Phi) is 5.36. The number of aliphatic hydroxyl groups excluding tert-OH is 1. The van der Waals surface area contributed by atoms with Crippen LogP contribution in [0.5, 0.6) is 0 Å². The van der Waals surface area contributed by atoms with Gasteiger partial charge in [-0.15, -0.1) is 0 Å². The summed E-state index contributed by atoms with van der Waals surface area (Å²) in [5, 5.41) is 16.0. The zero-order chi connectivity index (χ0) is 17.2. The van der Waals surface area contributed by atoms with Crippen LogP contribution in [0.25, 0.3) is 0 Å². The molecule has 1 fully saturated rings. The van der Waals surface area contributed by atoms with Crippen molar-refractivity contribution < 1.29 is 14.7 Å². The Bertz CT molecular complexity index is 582. The van der Waals surface area contributed by atoms with E-state index in [0.29, 0.717) is 30.7 Å². The molecular weight excluding hydrogens is 316 g/mol. The number of nitrogens with one attached hydrogen (secondary N) is 2. The molecule has 128 valence electrons. The third kappa shape index (κ3) is 4.71. The van der Waals surface area contributed by atoms with Crippen molar-refractivity contribution in [2.75, 3.05) is 0 Å². The summed E-state index contributed by atoms with van der Waals surface area (Å²) in [7, 11) is 0. The lowest BCUT2D eigenvalue weighted by Crippen LogP contribution is -2.51. The van der Waals surface area contributed by atoms with Crippen molar-refractivity contribution in [2.45, 2.75) is 64.6 Å². The predicted molar refractivity (Wildman–Crippen MR) is 87.1 cm³/mol. The molecule has 1 aromatic rings. The van der Waals surface area contributed by atoms with Gasteiger partial charge in [0.1, 0.15) is 0 Å². The first kappa shape index (κ1) is 17.8. The van der Waals surface area contributed by atoms with E-state index < -0.39 is 6.10 Å². The lowest BCUT2D eigenvalue weighted by molar-refractivity contribution is -0.129. The average molecular weight is 340 g/mol. The minimum absolute atomic E-state index is 0.0409. The molecule has 0 saturated heterocycles. The van der Waals surface area contributed by atoms with Crippen LogP contribution in [0.4, 0.5) is 0 Å². The fraction of sp³-hybridized carbons (Fsp3) is 0.733. The summed E-state index contributed by atoms with van der Waals surface area (Å²) in [6, 6.07) is -0.359. The first-order valence-corrected chi connectivity index (χ1v) is 8.50. The third-order valence-electron chi connectivity index (χ3n) is 3.87. The molecule has 0 aliphatic heterocycles. The van der Waals surface area contributed by atoms with E-state index in [-0.39, 0.29) is 29.3 Å². The summed E-state index contributed by atoms with van der Waals surface area (Å²) >= 11 is 0.991. The first-order valence-electron chi connectivity index (χ1n) is 7.77. The molecule has 0 spiro atoms. The fourth-order valence-corrected chi connectivity index (χ4v) is 3.25. The van der Waals surface area contributed by atoms with Crippen molar-refractivity contribution in [1.29, 1.82) is 0 Å². The van der Waals surface area contributed by atoms with Crippen LogP contribution in [0.1, 0.15) is 56.2 Å². The third-order valence-corrected chi connectivity index (χ3v) is 4.49. The van der Waals surface area contributed by atoms with Crippen molar-refractivity contribution in [1.82, 2.24) is 19.4 Å². The summed E-state index contributed by atoms with van der Waals surface area (Å²) in [6.07, 6.45) is 0.806. The molecule has 0 radical (unpaired) electrons. The maximum atomic E-state index is 12.2. The van der Waals surface area contributed by atoms with Gasteiger partial charge in [0.15, 0.2) is 5.69 Å². The van der Waals surface area contributed by atoms with Crippen LogP contribution in [0.2, 0.25) is 0 Å². The van der Waals surface area contributed by atoms with Crippen molar-refractivity contribution in [3.05, 3.63) is 11.4 Å². The highest BCUT2D eigenvalue weighted by atomic mass is 32.1. The van der Waals surface area contributed by atoms with Crippen LogP contribution in [0.15, 0.2) is 0 Å². The Morgan fingerprint density at radius 3 is 2.48 bits per heavy atom. The highest BCUT2D eigenvalue weighted by Crippen LogP contribution is 2.26. The average Bonchev–Trinajstić information content (AvgIpc) is 2.85. The monoisotopic (exact) mass is 340 g/mol. The van der Waals surface area contributed by atoms with Gasteiger partial charge in [0.25, 0.3) is 5.91 Å². The number of aryl methyl sites for hydroxylation is 1. The van der Waals surface area contributed by atoms with Gasteiger partial charge in [0, 0.05) is 11.5 Å². The second-order valence-corrected chi connectivity index (χ2v) is 7.62. The van der Waals surface area contributed by atoms with Gasteiger partial charge in [-0.1, -0.05) is 0 Å². The van der Waals surface area contributed by atoms with Gasteiger partial charge in [-0.2, -0.15) is 8.75 Å². The summed E-state index contributed by atoms with van der Waals surface area (Å²) in [5.41, 5.74) is 0.595. The van der Waals surface area contributed by atoms with Gasteiger partial charge < -0.3 is 15.7 Å². The number of hydrogen-bond acceptors (Lipinski definition) is 6. The highest BCUT2D eigenvalue weighted by Gasteiger charge is 2.35. The number of aliphatic hydroxyl groups is 1. The molecule has 1 aromatic heterocycles. The largest absolute Gasteiger partial charge is 0.391 e. The molecule has 0 aromatic carbocycles. The summed E-state index contributed by atoms with van der Waals surface area (Å²) < 4.78 is 7.94. The van der Waals surface area contributed by atoms with Gasteiger partial charge in [-0.25, -0.2) is 0 Å². The maximum absolute atomic E-state index is 12.2. The van der Waals surface area contributed by atoms with Gasteiger partial charge >= 0.3 is 0 Å². The smallest absolute Gasteiger partial charge is 0.273 e. The summed E-state index contributed by atoms with van der Waals surface area (Å²) in [5.74, 6) is -0.584. The Morgan fingerprint density at radius 2 is 1.96 bits per heavy atom. The van der Waals surface area contributed by atoms with Crippen molar-refractivity contribution >= 4 is 23.5 Å². The number of amides is 2. The van der Waals surface area contributed by atoms with Crippen molar-refractivity contribution in [3.8, 4) is 0 Å². The van der Waals surface area contributed by atoms with Crippen LogP contribution >= 0.6 is 11.7 Å². The molecule has 7 nitrogen and oxygen atoms in total. The number of hydrogen-bond donors (Lipinski definition) is 3. The Morgan fingerprint density at radius 1 is 1.26 bits per heavy atom. The molecule has 3 atom stereocenters. The highest BCUT2D eigenvalue weighted by molar-refractivity contribution is 6.99. The molecular formula is C15H24N4O3S. The second-order valence-electron chi connectivity index (χ2n) is 7.09. The van der Waals surface area contributed by atoms with E-state index in [1.54, 1.807) is 6.92 Å². The summed E-state index contributed by atoms with van der Waals surface area (Å²) in [6.45, 7) is 7.51. The number of aromatic nitrogens is 2. The molecule has 1 saturated carbocycles. The molecule has 0 unspecified atom stereocenters. The standard InChI is InChI=1S/C15H24N4O3S/c1-8-12(19-23-18-8)14(22)16-10-6-5-9(7-11(10)20)13(21)17-15(2,3)4/h9-11,20H,5-7H2,1-4H3,(H,16,22)(H,17,21)/t9-,10-,11-/m0/s1. The Balaban J connectivity index is 1.90. The van der Waals surface area contributed by atoms with E-state index in [4.69, 9.17) is 0 Å². The molecule has 23 heavy (non-hydrogen) atoms. The van der Waals surface area contributed by atoms with Crippen molar-refractivity contribution in [2.24, 2.45) is 5.92 Å². The summed E-state index contributed by atoms with van der Waals surface area (Å²) in [4.78, 5) is 24.3. The minimum atomic E-state index is -0.740. The number of rotatable bonds is 3. The topological polar surface area (TPSA) is 104 Å². The van der Waals surface area contributed by atoms with Crippen LogP contribution in [-0.2, 0) is 4.79 Å². The first-order chi connectivity index (χ1) is 10.7. The van der Waals surface area contributed by atoms with E-state index in [1.807, 2.05) is 20.8 Å². The van der Waals surface area contributed by atoms with E-state index in [0.717, 1.165) is 11.7 Å². The predicted octanol–water partition coefficient (Wildman–Crippen LogP) is 1.02. The zero-order valence-corrected chi connectivity index (χ0v) is 14.7. The molecule has 1 heterocycles. The zero-order valence-electron chi connectivity index (χ0n) is 13.9. The molecule has 1 aliphatic rings. The number of nitrogens with zero attached hydrogens (tertiary/aromatic N) is 2. The van der Waals surface area contributed by atoms with E-state index in [2.05, 4.69) is 19.4 Å². The van der Waals surface area contributed by atoms with E-state index in [9.17, 15) is 14.7 Å². The molecule has 2 amide bonds. The van der Waals surface area contributed by atoms with E-state index in [1.165, 1.54) is 0 Å². The van der Waals surface area contributed by atoms with Crippen LogP contribution in [0, 0.1) is 12.8 Å². The van der Waals surface area contributed by atoms with E-state index >= 15 is 0 Å². The Hall–Kier alpha value is -1.54. The molecule has 8 heteroatoms. The van der Waals surface area contributed by atoms with Gasteiger partial charge in [-0.3, -0.25) is 9.59 Å². The van der Waals surface area contributed by atoms with Gasteiger partial charge in [-0.05, 0) is 47.0 Å². The van der Waals surface area contributed by atoms with Gasteiger partial charge in [0.2, 0.25) is 5.91 Å². The quantitative estimate of drug-likeness (QED) is 0.762. The molecule has 3 N–H and O–H groups in total.